The van der Waals surface area contributed by atoms with Gasteiger partial charge in [0, 0.05) is 5.92 Å². The Morgan fingerprint density at radius 3 is 2.65 bits per heavy atom. The van der Waals surface area contributed by atoms with Gasteiger partial charge in [0.05, 0.1) is 18.8 Å². The van der Waals surface area contributed by atoms with Gasteiger partial charge in [-0.05, 0) is 37.7 Å². The monoisotopic (exact) mass is 234 g/mol. The molecule has 0 saturated heterocycles. The molecular weight excluding hydrogens is 212 g/mol. The molecule has 2 saturated carbocycles. The molecule has 0 aliphatic heterocycles. The van der Waals surface area contributed by atoms with Crippen LogP contribution in [0.15, 0.2) is 23.5 Å². The van der Waals surface area contributed by atoms with Crippen LogP contribution >= 0.6 is 0 Å². The van der Waals surface area contributed by atoms with Crippen molar-refractivity contribution in [3.63, 3.8) is 0 Å². The van der Waals surface area contributed by atoms with Gasteiger partial charge in [-0.2, -0.15) is 0 Å². The summed E-state index contributed by atoms with van der Waals surface area (Å²) in [5.41, 5.74) is 2.08. The number of Topliss-reactive ketones (excluding diaryl/α,β-unsaturated/α-hetero) is 1. The second-order valence-corrected chi connectivity index (χ2v) is 5.91. The van der Waals surface area contributed by atoms with Crippen LogP contribution < -0.4 is 0 Å². The third-order valence-electron chi connectivity index (χ3n) is 4.82. The van der Waals surface area contributed by atoms with Crippen LogP contribution in [0.2, 0.25) is 0 Å². The van der Waals surface area contributed by atoms with Gasteiger partial charge in [0.1, 0.15) is 0 Å². The van der Waals surface area contributed by atoms with Crippen molar-refractivity contribution >= 4 is 5.78 Å². The molecule has 17 heavy (non-hydrogen) atoms. The Hall–Kier alpha value is -1.05. The molecule has 2 aliphatic rings. The van der Waals surface area contributed by atoms with Crippen LogP contribution in [0.4, 0.5) is 0 Å². The number of fused-ring (bicyclic) bond motifs is 1. The fraction of sp³-hybridized carbons (Fsp3) is 0.667. The molecule has 94 valence electrons. The van der Waals surface area contributed by atoms with E-state index in [1.54, 1.807) is 13.4 Å². The van der Waals surface area contributed by atoms with Crippen LogP contribution in [-0.2, 0) is 9.53 Å². The zero-order valence-corrected chi connectivity index (χ0v) is 11.5. The van der Waals surface area contributed by atoms with Crippen molar-refractivity contribution in [1.29, 1.82) is 0 Å². The molecule has 0 N–H and O–H groups in total. The lowest BCUT2D eigenvalue weighted by atomic mass is 9.44. The SMILES string of the molecule is CO/C=C1\CC[C@@]2(C)[C@@H](C)C(=O)[C@@]12C=C(C)C. The Bertz CT molecular complexity index is 415. The number of hydrogen-bond acceptors (Lipinski definition) is 2. The average Bonchev–Trinajstić information content (AvgIpc) is 2.52. The average molecular weight is 234 g/mol. The fourth-order valence-corrected chi connectivity index (χ4v) is 3.76. The molecule has 0 unspecified atom stereocenters. The van der Waals surface area contributed by atoms with E-state index in [1.165, 1.54) is 5.57 Å². The van der Waals surface area contributed by atoms with Crippen LogP contribution in [0.25, 0.3) is 0 Å². The van der Waals surface area contributed by atoms with Gasteiger partial charge in [-0.15, -0.1) is 0 Å². The van der Waals surface area contributed by atoms with Gasteiger partial charge in [0.25, 0.3) is 0 Å². The second kappa shape index (κ2) is 3.72. The van der Waals surface area contributed by atoms with E-state index >= 15 is 0 Å². The van der Waals surface area contributed by atoms with Crippen LogP contribution in [0, 0.1) is 16.7 Å². The molecule has 0 aromatic heterocycles. The number of hydrogen-bond donors (Lipinski definition) is 0. The highest BCUT2D eigenvalue weighted by Crippen LogP contribution is 2.70. The molecule has 0 aromatic carbocycles. The number of allylic oxidation sites excluding steroid dienone is 3. The largest absolute Gasteiger partial charge is 0.504 e. The van der Waals surface area contributed by atoms with Crippen LogP contribution in [0.1, 0.15) is 40.5 Å². The molecule has 0 bridgehead atoms. The van der Waals surface area contributed by atoms with Crippen LogP contribution in [0.3, 0.4) is 0 Å². The fourth-order valence-electron chi connectivity index (χ4n) is 3.76. The first kappa shape index (κ1) is 12.4. The standard InChI is InChI=1S/C15H22O2/c1-10(2)8-15-12(9-17-5)6-7-14(15,4)11(3)13(15)16/h8-9,11H,6-7H2,1-5H3/b12-9+/t11-,14-,15+/m0/s1. The Morgan fingerprint density at radius 1 is 1.47 bits per heavy atom. The zero-order chi connectivity index (χ0) is 12.8. The molecule has 3 atom stereocenters. The van der Waals surface area contributed by atoms with E-state index in [9.17, 15) is 4.79 Å². The number of carbonyl (C=O) groups excluding carboxylic acids is 1. The van der Waals surface area contributed by atoms with E-state index < -0.39 is 0 Å². The lowest BCUT2D eigenvalue weighted by Gasteiger charge is -2.56. The minimum absolute atomic E-state index is 0.0890. The molecular formula is C15H22O2. The van der Waals surface area contributed by atoms with Crippen molar-refractivity contribution in [1.82, 2.24) is 0 Å². The number of rotatable bonds is 2. The smallest absolute Gasteiger partial charge is 0.150 e. The summed E-state index contributed by atoms with van der Waals surface area (Å²) in [6.45, 7) is 8.44. The number of methoxy groups -OCH3 is 1. The predicted octanol–water partition coefficient (Wildman–Crippen LogP) is 3.49. The summed E-state index contributed by atoms with van der Waals surface area (Å²) >= 11 is 0. The molecule has 0 aromatic rings. The first-order chi connectivity index (χ1) is 7.90. The van der Waals surface area contributed by atoms with Crippen molar-refractivity contribution < 1.29 is 9.53 Å². The molecule has 0 heterocycles. The number of ketones is 1. The van der Waals surface area contributed by atoms with Gasteiger partial charge in [0.2, 0.25) is 0 Å². The van der Waals surface area contributed by atoms with Gasteiger partial charge >= 0.3 is 0 Å². The highest BCUT2D eigenvalue weighted by Gasteiger charge is 2.70. The van der Waals surface area contributed by atoms with Crippen molar-refractivity contribution in [3.8, 4) is 0 Å². The topological polar surface area (TPSA) is 26.3 Å². The second-order valence-electron chi connectivity index (χ2n) is 5.91. The molecule has 2 nitrogen and oxygen atoms in total. The van der Waals surface area contributed by atoms with E-state index in [0.717, 1.165) is 18.4 Å². The minimum Gasteiger partial charge on any atom is -0.504 e. The van der Waals surface area contributed by atoms with Gasteiger partial charge in [-0.1, -0.05) is 25.5 Å². The first-order valence-electron chi connectivity index (χ1n) is 6.33. The molecule has 0 radical (unpaired) electrons. The summed E-state index contributed by atoms with van der Waals surface area (Å²) in [6.07, 6.45) is 6.00. The third-order valence-corrected chi connectivity index (χ3v) is 4.82. The number of carbonyl (C=O) groups is 1. The van der Waals surface area contributed by atoms with Crippen LogP contribution in [-0.4, -0.2) is 12.9 Å². The maximum atomic E-state index is 12.4. The highest BCUT2D eigenvalue weighted by atomic mass is 16.5. The molecule has 2 heteroatoms. The summed E-state index contributed by atoms with van der Waals surface area (Å²) in [4.78, 5) is 12.4. The summed E-state index contributed by atoms with van der Waals surface area (Å²) in [5, 5.41) is 0. The van der Waals surface area contributed by atoms with Gasteiger partial charge in [-0.25, -0.2) is 0 Å². The minimum atomic E-state index is -0.374. The van der Waals surface area contributed by atoms with E-state index in [2.05, 4.69) is 33.8 Å². The lowest BCUT2D eigenvalue weighted by molar-refractivity contribution is -0.156. The van der Waals surface area contributed by atoms with Crippen molar-refractivity contribution in [2.24, 2.45) is 16.7 Å². The van der Waals surface area contributed by atoms with E-state index in [1.807, 2.05) is 0 Å². The summed E-state index contributed by atoms with van der Waals surface area (Å²) in [6, 6.07) is 0. The molecule has 2 rings (SSSR count). The lowest BCUT2D eigenvalue weighted by Crippen LogP contribution is -2.60. The zero-order valence-electron chi connectivity index (χ0n) is 11.5. The summed E-state index contributed by atoms with van der Waals surface area (Å²) in [5.74, 6) is 0.530. The van der Waals surface area contributed by atoms with E-state index in [0.29, 0.717) is 5.78 Å². The maximum absolute atomic E-state index is 12.4. The van der Waals surface area contributed by atoms with E-state index in [4.69, 9.17) is 4.74 Å². The Kier molecular flexibility index (Phi) is 2.72. The third kappa shape index (κ3) is 1.30. The highest BCUT2D eigenvalue weighted by molar-refractivity contribution is 6.00. The normalized spacial score (nSPS) is 42.1. The molecule has 2 fully saturated rings. The summed E-state index contributed by atoms with van der Waals surface area (Å²) < 4.78 is 5.17. The Morgan fingerprint density at radius 2 is 2.12 bits per heavy atom. The van der Waals surface area contributed by atoms with Crippen molar-refractivity contribution in [2.75, 3.05) is 7.11 Å². The van der Waals surface area contributed by atoms with E-state index in [-0.39, 0.29) is 16.7 Å². The number of ether oxygens (including phenoxy) is 1. The predicted molar refractivity (Wildman–Crippen MR) is 68.5 cm³/mol. The molecule has 2 aliphatic carbocycles. The van der Waals surface area contributed by atoms with Crippen LogP contribution in [0.5, 0.6) is 0 Å². The van der Waals surface area contributed by atoms with Crippen molar-refractivity contribution in [3.05, 3.63) is 23.5 Å². The Labute approximate surface area is 104 Å². The van der Waals surface area contributed by atoms with Gasteiger partial charge in [-0.3, -0.25) is 4.79 Å². The maximum Gasteiger partial charge on any atom is 0.150 e. The van der Waals surface area contributed by atoms with Gasteiger partial charge in [0.15, 0.2) is 5.78 Å². The molecule has 0 spiro atoms. The molecule has 0 amide bonds. The quantitative estimate of drug-likeness (QED) is 0.540. The van der Waals surface area contributed by atoms with Crippen molar-refractivity contribution in [2.45, 2.75) is 40.5 Å². The first-order valence-corrected chi connectivity index (χ1v) is 6.33. The van der Waals surface area contributed by atoms with Gasteiger partial charge < -0.3 is 4.74 Å². The Balaban J connectivity index is 2.56. The summed E-state index contributed by atoms with van der Waals surface area (Å²) in [7, 11) is 1.66.